The monoisotopic (exact) mass is 508 g/mol. The molecule has 3 atom stereocenters. The van der Waals surface area contributed by atoms with E-state index in [-0.39, 0.29) is 18.0 Å². The SMILES string of the molecule is CC(NC(=O)C(O)c1cc(F)cc(F)c1)C(=O)NC1CN(c2ccccc2)c2ccccc2N(C)C1=O. The van der Waals surface area contributed by atoms with Gasteiger partial charge in [-0.05, 0) is 48.9 Å². The fourth-order valence-electron chi connectivity index (χ4n) is 4.19. The number of benzene rings is 3. The van der Waals surface area contributed by atoms with E-state index in [4.69, 9.17) is 0 Å². The number of likely N-dealkylation sites (N-methyl/N-ethyl adjacent to an activating group) is 1. The first-order chi connectivity index (χ1) is 17.7. The van der Waals surface area contributed by atoms with Gasteiger partial charge in [-0.15, -0.1) is 0 Å². The molecule has 3 aromatic carbocycles. The molecule has 0 radical (unpaired) electrons. The molecule has 3 N–H and O–H groups in total. The minimum Gasteiger partial charge on any atom is -0.378 e. The lowest BCUT2D eigenvalue weighted by Gasteiger charge is -2.27. The standard InChI is InChI=1S/C27H26F2N4O4/c1-16(30-26(36)24(34)17-12-18(28)14-19(29)13-17)25(35)31-21-15-33(20-8-4-3-5-9-20)23-11-7-6-10-22(23)32(2)27(21)37/h3-14,16,21,24,34H,15H2,1-2H3,(H,30,36)(H,31,35). The van der Waals surface area contributed by atoms with Gasteiger partial charge in [0.05, 0.1) is 17.9 Å². The zero-order valence-corrected chi connectivity index (χ0v) is 20.2. The van der Waals surface area contributed by atoms with Crippen LogP contribution in [-0.4, -0.2) is 48.5 Å². The van der Waals surface area contributed by atoms with Crippen LogP contribution >= 0.6 is 0 Å². The van der Waals surface area contributed by atoms with Gasteiger partial charge in [-0.3, -0.25) is 14.4 Å². The van der Waals surface area contributed by atoms with Crippen molar-refractivity contribution >= 4 is 34.8 Å². The maximum absolute atomic E-state index is 13.5. The molecular formula is C27H26F2N4O4. The first-order valence-electron chi connectivity index (χ1n) is 11.6. The maximum atomic E-state index is 13.5. The quantitative estimate of drug-likeness (QED) is 0.475. The molecule has 1 aliphatic rings. The highest BCUT2D eigenvalue weighted by Gasteiger charge is 2.34. The van der Waals surface area contributed by atoms with Crippen LogP contribution in [0.3, 0.4) is 0 Å². The molecule has 0 bridgehead atoms. The molecule has 0 aromatic heterocycles. The van der Waals surface area contributed by atoms with E-state index in [1.165, 1.54) is 11.8 Å². The van der Waals surface area contributed by atoms with E-state index < -0.39 is 41.6 Å². The number of nitrogens with zero attached hydrogens (tertiary/aromatic N) is 2. The number of para-hydroxylation sites is 3. The highest BCUT2D eigenvalue weighted by Crippen LogP contribution is 2.36. The van der Waals surface area contributed by atoms with Crippen LogP contribution in [0.2, 0.25) is 0 Å². The van der Waals surface area contributed by atoms with Crippen molar-refractivity contribution in [3.8, 4) is 0 Å². The fourth-order valence-corrected chi connectivity index (χ4v) is 4.19. The summed E-state index contributed by atoms with van der Waals surface area (Å²) in [5.41, 5.74) is 1.98. The normalized spacial score (nSPS) is 16.9. The number of halogens is 2. The van der Waals surface area contributed by atoms with E-state index in [9.17, 15) is 28.3 Å². The lowest BCUT2D eigenvalue weighted by molar-refractivity contribution is -0.134. The predicted molar refractivity (Wildman–Crippen MR) is 134 cm³/mol. The Balaban J connectivity index is 1.51. The second kappa shape index (κ2) is 10.8. The van der Waals surface area contributed by atoms with E-state index in [0.29, 0.717) is 11.8 Å². The van der Waals surface area contributed by atoms with Crippen molar-refractivity contribution in [1.82, 2.24) is 10.6 Å². The first-order valence-corrected chi connectivity index (χ1v) is 11.6. The molecule has 3 unspecified atom stereocenters. The minimum atomic E-state index is -1.89. The van der Waals surface area contributed by atoms with Crippen molar-refractivity contribution in [3.05, 3.63) is 90.0 Å². The Bertz CT molecular complexity index is 1300. The van der Waals surface area contributed by atoms with Crippen LogP contribution in [0, 0.1) is 11.6 Å². The molecule has 0 saturated heterocycles. The Morgan fingerprint density at radius 3 is 2.19 bits per heavy atom. The molecular weight excluding hydrogens is 482 g/mol. The molecule has 0 saturated carbocycles. The maximum Gasteiger partial charge on any atom is 0.254 e. The van der Waals surface area contributed by atoms with Crippen molar-refractivity contribution in [1.29, 1.82) is 0 Å². The number of aliphatic hydroxyl groups excluding tert-OH is 1. The van der Waals surface area contributed by atoms with Gasteiger partial charge in [0.25, 0.3) is 11.8 Å². The van der Waals surface area contributed by atoms with Crippen LogP contribution in [0.1, 0.15) is 18.6 Å². The highest BCUT2D eigenvalue weighted by molar-refractivity contribution is 6.04. The zero-order valence-electron chi connectivity index (χ0n) is 20.2. The van der Waals surface area contributed by atoms with Gasteiger partial charge in [0.2, 0.25) is 5.91 Å². The number of fused-ring (bicyclic) bond motifs is 1. The van der Waals surface area contributed by atoms with Gasteiger partial charge in [0, 0.05) is 18.8 Å². The summed E-state index contributed by atoms with van der Waals surface area (Å²) in [6, 6.07) is 16.9. The number of rotatable bonds is 6. The van der Waals surface area contributed by atoms with Crippen LogP contribution in [0.15, 0.2) is 72.8 Å². The molecule has 3 aromatic rings. The number of hydrogen-bond donors (Lipinski definition) is 3. The molecule has 0 spiro atoms. The summed E-state index contributed by atoms with van der Waals surface area (Å²) >= 11 is 0. The molecule has 0 fully saturated rings. The molecule has 8 nitrogen and oxygen atoms in total. The van der Waals surface area contributed by atoms with Gasteiger partial charge < -0.3 is 25.5 Å². The Kier molecular flexibility index (Phi) is 7.49. The van der Waals surface area contributed by atoms with E-state index in [2.05, 4.69) is 10.6 Å². The Morgan fingerprint density at radius 2 is 1.54 bits per heavy atom. The molecule has 1 aliphatic heterocycles. The van der Waals surface area contributed by atoms with Crippen molar-refractivity contribution < 1.29 is 28.3 Å². The third kappa shape index (κ3) is 5.59. The Hall–Kier alpha value is -4.31. The number of carbonyl (C=O) groups is 3. The van der Waals surface area contributed by atoms with Crippen molar-refractivity contribution in [2.45, 2.75) is 25.1 Å². The molecule has 37 heavy (non-hydrogen) atoms. The Morgan fingerprint density at radius 1 is 0.946 bits per heavy atom. The number of hydrogen-bond acceptors (Lipinski definition) is 5. The molecule has 0 aliphatic carbocycles. The lowest BCUT2D eigenvalue weighted by Crippen LogP contribution is -2.55. The highest BCUT2D eigenvalue weighted by atomic mass is 19.1. The van der Waals surface area contributed by atoms with Crippen LogP contribution in [-0.2, 0) is 14.4 Å². The molecule has 3 amide bonds. The summed E-state index contributed by atoms with van der Waals surface area (Å²) in [6.45, 7) is 1.50. The van der Waals surface area contributed by atoms with E-state index in [1.807, 2.05) is 59.5 Å². The van der Waals surface area contributed by atoms with Gasteiger partial charge in [-0.25, -0.2) is 8.78 Å². The van der Waals surface area contributed by atoms with Crippen LogP contribution in [0.5, 0.6) is 0 Å². The van der Waals surface area contributed by atoms with Gasteiger partial charge in [-0.1, -0.05) is 30.3 Å². The summed E-state index contributed by atoms with van der Waals surface area (Å²) in [4.78, 5) is 42.1. The van der Waals surface area contributed by atoms with Gasteiger partial charge >= 0.3 is 0 Å². The van der Waals surface area contributed by atoms with Gasteiger partial charge in [-0.2, -0.15) is 0 Å². The zero-order chi connectivity index (χ0) is 26.7. The van der Waals surface area contributed by atoms with Crippen LogP contribution in [0.25, 0.3) is 0 Å². The second-order valence-corrected chi connectivity index (χ2v) is 8.73. The van der Waals surface area contributed by atoms with E-state index in [0.717, 1.165) is 23.5 Å². The number of amides is 3. The fraction of sp³-hybridized carbons (Fsp3) is 0.222. The predicted octanol–water partition coefficient (Wildman–Crippen LogP) is 2.80. The summed E-state index contributed by atoms with van der Waals surface area (Å²) < 4.78 is 26.9. The summed E-state index contributed by atoms with van der Waals surface area (Å²) in [7, 11) is 1.62. The van der Waals surface area contributed by atoms with Crippen molar-refractivity contribution in [2.75, 3.05) is 23.4 Å². The van der Waals surface area contributed by atoms with Crippen molar-refractivity contribution in [2.24, 2.45) is 0 Å². The summed E-state index contributed by atoms with van der Waals surface area (Å²) in [5, 5.41) is 15.2. The van der Waals surface area contributed by atoms with Gasteiger partial charge in [0.15, 0.2) is 6.10 Å². The summed E-state index contributed by atoms with van der Waals surface area (Å²) in [6.07, 6.45) is -1.89. The molecule has 192 valence electrons. The average Bonchev–Trinajstić information content (AvgIpc) is 2.98. The third-order valence-corrected chi connectivity index (χ3v) is 6.11. The first kappa shape index (κ1) is 25.8. The topological polar surface area (TPSA) is 102 Å². The molecule has 10 heteroatoms. The average molecular weight is 509 g/mol. The van der Waals surface area contributed by atoms with Crippen LogP contribution in [0.4, 0.5) is 25.8 Å². The molecule has 1 heterocycles. The largest absolute Gasteiger partial charge is 0.378 e. The number of nitrogens with one attached hydrogen (secondary N) is 2. The Labute approximate surface area is 212 Å². The lowest BCUT2D eigenvalue weighted by atomic mass is 10.1. The van der Waals surface area contributed by atoms with Crippen LogP contribution < -0.4 is 20.4 Å². The smallest absolute Gasteiger partial charge is 0.254 e. The second-order valence-electron chi connectivity index (χ2n) is 8.73. The van der Waals surface area contributed by atoms with Crippen molar-refractivity contribution in [3.63, 3.8) is 0 Å². The number of anilines is 3. The minimum absolute atomic E-state index is 0.127. The number of aliphatic hydroxyl groups is 1. The van der Waals surface area contributed by atoms with E-state index >= 15 is 0 Å². The third-order valence-electron chi connectivity index (χ3n) is 6.11. The summed E-state index contributed by atoms with van der Waals surface area (Å²) in [5.74, 6) is -3.94. The van der Waals surface area contributed by atoms with E-state index in [1.54, 1.807) is 7.05 Å². The van der Waals surface area contributed by atoms with Gasteiger partial charge in [0.1, 0.15) is 23.7 Å². The number of carbonyl (C=O) groups excluding carboxylic acids is 3. The molecule has 4 rings (SSSR count).